The fourth-order valence-corrected chi connectivity index (χ4v) is 2.94. The smallest absolute Gasteiger partial charge is 0.229 e. The largest absolute Gasteiger partial charge is 0.495 e. The lowest BCUT2D eigenvalue weighted by Crippen LogP contribution is -2.28. The number of carbonyl (C=O) groups is 2. The van der Waals surface area contributed by atoms with Crippen LogP contribution in [0.4, 0.5) is 15.8 Å². The molecule has 1 saturated heterocycles. The minimum Gasteiger partial charge on any atom is -0.495 e. The zero-order valence-electron chi connectivity index (χ0n) is 13.5. The highest BCUT2D eigenvalue weighted by atomic mass is 35.5. The van der Waals surface area contributed by atoms with Gasteiger partial charge in [0.25, 0.3) is 0 Å². The number of nitrogens with zero attached hydrogens (tertiary/aromatic N) is 1. The molecule has 2 amide bonds. The van der Waals surface area contributed by atoms with Crippen LogP contribution in [-0.2, 0) is 9.59 Å². The number of carbonyl (C=O) groups excluding carboxylic acids is 2. The minimum absolute atomic E-state index is 0.0894. The summed E-state index contributed by atoms with van der Waals surface area (Å²) in [4.78, 5) is 26.2. The van der Waals surface area contributed by atoms with Crippen LogP contribution in [0.1, 0.15) is 6.42 Å². The highest BCUT2D eigenvalue weighted by Crippen LogP contribution is 2.30. The molecule has 0 unspecified atom stereocenters. The zero-order valence-corrected chi connectivity index (χ0v) is 14.2. The second-order valence-corrected chi connectivity index (χ2v) is 6.15. The maximum atomic E-state index is 13.0. The van der Waals surface area contributed by atoms with Gasteiger partial charge in [-0.15, -0.1) is 0 Å². The van der Waals surface area contributed by atoms with Crippen LogP contribution in [0, 0.1) is 11.7 Å². The molecule has 0 saturated carbocycles. The van der Waals surface area contributed by atoms with Gasteiger partial charge in [0.15, 0.2) is 0 Å². The quantitative estimate of drug-likeness (QED) is 0.905. The molecule has 0 spiro atoms. The van der Waals surface area contributed by atoms with Crippen molar-refractivity contribution in [1.82, 2.24) is 0 Å². The summed E-state index contributed by atoms with van der Waals surface area (Å²) in [6.07, 6.45) is 0.0894. The third-order valence-corrected chi connectivity index (χ3v) is 4.29. The Kier molecular flexibility index (Phi) is 4.90. The van der Waals surface area contributed by atoms with E-state index in [9.17, 15) is 14.0 Å². The Morgan fingerprint density at radius 2 is 2.00 bits per heavy atom. The standard InChI is InChI=1S/C18H16ClFN2O3/c1-25-16-7-2-12(19)9-15(16)21-18(24)11-8-17(23)22(10-11)14-5-3-13(20)4-6-14/h2-7,9,11H,8,10H2,1H3,(H,21,24)/t11-/m1/s1. The number of benzene rings is 2. The molecule has 0 bridgehead atoms. The second kappa shape index (κ2) is 7.11. The van der Waals surface area contributed by atoms with E-state index < -0.39 is 5.92 Å². The van der Waals surface area contributed by atoms with Crippen molar-refractivity contribution in [3.63, 3.8) is 0 Å². The number of rotatable bonds is 4. The van der Waals surface area contributed by atoms with Crippen molar-refractivity contribution in [3.05, 3.63) is 53.3 Å². The van der Waals surface area contributed by atoms with Crippen LogP contribution in [0.3, 0.4) is 0 Å². The van der Waals surface area contributed by atoms with Crippen molar-refractivity contribution in [2.24, 2.45) is 5.92 Å². The first-order valence-electron chi connectivity index (χ1n) is 7.68. The predicted molar refractivity (Wildman–Crippen MR) is 93.5 cm³/mol. The summed E-state index contributed by atoms with van der Waals surface area (Å²) in [6, 6.07) is 10.5. The molecular formula is C18H16ClFN2O3. The van der Waals surface area contributed by atoms with Gasteiger partial charge in [-0.05, 0) is 42.5 Å². The van der Waals surface area contributed by atoms with E-state index in [-0.39, 0.29) is 30.6 Å². The average molecular weight is 363 g/mol. The molecule has 3 rings (SSSR count). The number of nitrogens with one attached hydrogen (secondary N) is 1. The van der Waals surface area contributed by atoms with Crippen LogP contribution in [0.5, 0.6) is 5.75 Å². The molecule has 1 aliphatic heterocycles. The number of halogens is 2. The summed E-state index contributed by atoms with van der Waals surface area (Å²) in [6.45, 7) is 0.235. The lowest BCUT2D eigenvalue weighted by molar-refractivity contribution is -0.122. The topological polar surface area (TPSA) is 58.6 Å². The summed E-state index contributed by atoms with van der Waals surface area (Å²) < 4.78 is 18.2. The monoisotopic (exact) mass is 362 g/mol. The Balaban J connectivity index is 1.73. The van der Waals surface area contributed by atoms with E-state index in [1.165, 1.54) is 36.3 Å². The van der Waals surface area contributed by atoms with Crippen LogP contribution in [0.2, 0.25) is 5.02 Å². The maximum absolute atomic E-state index is 13.0. The summed E-state index contributed by atoms with van der Waals surface area (Å²) in [5, 5.41) is 3.22. The van der Waals surface area contributed by atoms with Crippen LogP contribution in [0.15, 0.2) is 42.5 Å². The van der Waals surface area contributed by atoms with E-state index in [1.54, 1.807) is 18.2 Å². The Morgan fingerprint density at radius 1 is 1.28 bits per heavy atom. The van der Waals surface area contributed by atoms with Gasteiger partial charge in [-0.25, -0.2) is 4.39 Å². The second-order valence-electron chi connectivity index (χ2n) is 5.72. The third kappa shape index (κ3) is 3.74. The van der Waals surface area contributed by atoms with Crippen LogP contribution < -0.4 is 15.0 Å². The van der Waals surface area contributed by atoms with Gasteiger partial charge in [-0.3, -0.25) is 9.59 Å². The molecule has 130 valence electrons. The summed E-state index contributed by atoms with van der Waals surface area (Å²) in [5.41, 5.74) is 1.02. The van der Waals surface area contributed by atoms with Crippen molar-refractivity contribution in [2.45, 2.75) is 6.42 Å². The molecule has 0 radical (unpaired) electrons. The van der Waals surface area contributed by atoms with Gasteiger partial charge in [-0.1, -0.05) is 11.6 Å². The lowest BCUT2D eigenvalue weighted by Gasteiger charge is -2.17. The Labute approximate surface area is 149 Å². The normalized spacial score (nSPS) is 16.8. The molecule has 1 N–H and O–H groups in total. The third-order valence-electron chi connectivity index (χ3n) is 4.05. The number of anilines is 2. The van der Waals surface area contributed by atoms with Crippen molar-refractivity contribution in [3.8, 4) is 5.75 Å². The van der Waals surface area contributed by atoms with Gasteiger partial charge in [0.05, 0.1) is 18.7 Å². The van der Waals surface area contributed by atoms with Gasteiger partial charge in [0, 0.05) is 23.7 Å². The Morgan fingerprint density at radius 3 is 2.68 bits per heavy atom. The Hall–Kier alpha value is -2.60. The Bertz CT molecular complexity index is 810. The number of methoxy groups -OCH3 is 1. The van der Waals surface area contributed by atoms with E-state index >= 15 is 0 Å². The van der Waals surface area contributed by atoms with Gasteiger partial charge < -0.3 is 15.0 Å². The fourth-order valence-electron chi connectivity index (χ4n) is 2.77. The van der Waals surface area contributed by atoms with E-state index in [2.05, 4.69) is 5.32 Å². The van der Waals surface area contributed by atoms with Gasteiger partial charge in [0.2, 0.25) is 11.8 Å². The fraction of sp³-hybridized carbons (Fsp3) is 0.222. The maximum Gasteiger partial charge on any atom is 0.229 e. The molecule has 0 aromatic heterocycles. The first kappa shape index (κ1) is 17.2. The zero-order chi connectivity index (χ0) is 18.0. The van der Waals surface area contributed by atoms with Gasteiger partial charge in [-0.2, -0.15) is 0 Å². The first-order valence-corrected chi connectivity index (χ1v) is 8.06. The van der Waals surface area contributed by atoms with E-state index in [1.807, 2.05) is 0 Å². The van der Waals surface area contributed by atoms with Crippen molar-refractivity contribution in [1.29, 1.82) is 0 Å². The molecule has 1 heterocycles. The SMILES string of the molecule is COc1ccc(Cl)cc1NC(=O)[C@@H]1CC(=O)N(c2ccc(F)cc2)C1. The summed E-state index contributed by atoms with van der Waals surface area (Å²) >= 11 is 5.96. The minimum atomic E-state index is -0.513. The highest BCUT2D eigenvalue weighted by molar-refractivity contribution is 6.31. The summed E-state index contributed by atoms with van der Waals surface area (Å²) in [5.74, 6) is -0.875. The molecule has 1 aliphatic rings. The lowest BCUT2D eigenvalue weighted by atomic mass is 10.1. The molecule has 7 heteroatoms. The van der Waals surface area contributed by atoms with E-state index in [0.717, 1.165) is 0 Å². The highest BCUT2D eigenvalue weighted by Gasteiger charge is 2.35. The molecule has 5 nitrogen and oxygen atoms in total. The molecule has 2 aromatic rings. The average Bonchev–Trinajstić information content (AvgIpc) is 2.98. The van der Waals surface area contributed by atoms with Crippen molar-refractivity contribution >= 4 is 34.8 Å². The number of hydrogen-bond acceptors (Lipinski definition) is 3. The summed E-state index contributed by atoms with van der Waals surface area (Å²) in [7, 11) is 1.49. The molecule has 1 atom stereocenters. The van der Waals surface area contributed by atoms with Crippen molar-refractivity contribution in [2.75, 3.05) is 23.9 Å². The molecule has 2 aromatic carbocycles. The van der Waals surface area contributed by atoms with E-state index in [0.29, 0.717) is 22.1 Å². The van der Waals surface area contributed by atoms with Crippen LogP contribution in [-0.4, -0.2) is 25.5 Å². The predicted octanol–water partition coefficient (Wildman–Crippen LogP) is 3.48. The van der Waals surface area contributed by atoms with Gasteiger partial charge in [0.1, 0.15) is 11.6 Å². The number of ether oxygens (including phenoxy) is 1. The van der Waals surface area contributed by atoms with Gasteiger partial charge >= 0.3 is 0 Å². The van der Waals surface area contributed by atoms with E-state index in [4.69, 9.17) is 16.3 Å². The van der Waals surface area contributed by atoms with Crippen LogP contribution in [0.25, 0.3) is 0 Å². The molecule has 1 fully saturated rings. The molecular weight excluding hydrogens is 347 g/mol. The van der Waals surface area contributed by atoms with Crippen molar-refractivity contribution < 1.29 is 18.7 Å². The number of amides is 2. The first-order chi connectivity index (χ1) is 12.0. The molecule has 0 aliphatic carbocycles. The molecule has 25 heavy (non-hydrogen) atoms. The van der Waals surface area contributed by atoms with Crippen LogP contribution >= 0.6 is 11.6 Å². The number of hydrogen-bond donors (Lipinski definition) is 1.